The van der Waals surface area contributed by atoms with Crippen molar-refractivity contribution in [3.63, 3.8) is 0 Å². The molecule has 0 saturated carbocycles. The van der Waals surface area contributed by atoms with Crippen molar-refractivity contribution in [1.29, 1.82) is 0 Å². The Morgan fingerprint density at radius 2 is 2.06 bits per heavy atom. The summed E-state index contributed by atoms with van der Waals surface area (Å²) in [5.41, 5.74) is 0.352. The Balaban J connectivity index is 2.45. The van der Waals surface area contributed by atoms with Gasteiger partial charge in [-0.25, -0.2) is 0 Å². The second-order valence-corrected chi connectivity index (χ2v) is 5.45. The van der Waals surface area contributed by atoms with E-state index < -0.39 is 5.60 Å². The molecular formula is C14H24N2O. The van der Waals surface area contributed by atoms with E-state index in [1.54, 1.807) is 6.20 Å². The monoisotopic (exact) mass is 236 g/mol. The van der Waals surface area contributed by atoms with Crippen LogP contribution in [0.5, 0.6) is 0 Å². The summed E-state index contributed by atoms with van der Waals surface area (Å²) < 4.78 is 0. The maximum atomic E-state index is 10.2. The van der Waals surface area contributed by atoms with Crippen LogP contribution in [0.4, 0.5) is 0 Å². The van der Waals surface area contributed by atoms with Crippen molar-refractivity contribution >= 4 is 0 Å². The first-order valence-electron chi connectivity index (χ1n) is 6.27. The van der Waals surface area contributed by atoms with Crippen molar-refractivity contribution in [2.24, 2.45) is 5.92 Å². The lowest BCUT2D eigenvalue weighted by Gasteiger charge is -2.27. The highest BCUT2D eigenvalue weighted by Gasteiger charge is 2.22. The normalized spacial score (nSPS) is 16.8. The minimum Gasteiger partial charge on any atom is -0.389 e. The molecule has 1 rings (SSSR count). The van der Waals surface area contributed by atoms with E-state index in [4.69, 9.17) is 0 Å². The summed E-state index contributed by atoms with van der Waals surface area (Å²) in [5.74, 6) is 0.497. The summed E-state index contributed by atoms with van der Waals surface area (Å²) in [7, 11) is 0. The fourth-order valence-corrected chi connectivity index (χ4v) is 2.06. The molecule has 1 aromatic heterocycles. The summed E-state index contributed by atoms with van der Waals surface area (Å²) in [6, 6.07) is 6.04. The molecule has 2 N–H and O–H groups in total. The number of nitrogens with zero attached hydrogens (tertiary/aromatic N) is 1. The van der Waals surface area contributed by atoms with E-state index in [0.29, 0.717) is 12.5 Å². The summed E-state index contributed by atoms with van der Waals surface area (Å²) in [5, 5.41) is 13.5. The fourth-order valence-electron chi connectivity index (χ4n) is 2.06. The van der Waals surface area contributed by atoms with Gasteiger partial charge in [0.15, 0.2) is 0 Å². The first-order chi connectivity index (χ1) is 7.91. The Hall–Kier alpha value is -0.930. The standard InChI is InChI=1S/C14H24N2O/c1-11(2)9-14(4,17)10-16-12(3)13-7-5-6-8-15-13/h5-8,11-12,16-17H,9-10H2,1-4H3. The van der Waals surface area contributed by atoms with Gasteiger partial charge in [0.2, 0.25) is 0 Å². The Kier molecular flexibility index (Phi) is 5.09. The number of nitrogens with one attached hydrogen (secondary N) is 1. The van der Waals surface area contributed by atoms with Crippen LogP contribution in [0.25, 0.3) is 0 Å². The van der Waals surface area contributed by atoms with E-state index in [1.807, 2.05) is 25.1 Å². The van der Waals surface area contributed by atoms with Crippen LogP contribution in [0, 0.1) is 5.92 Å². The highest BCUT2D eigenvalue weighted by molar-refractivity contribution is 5.07. The summed E-state index contributed by atoms with van der Waals surface area (Å²) in [4.78, 5) is 4.30. The molecule has 0 saturated heterocycles. The average Bonchev–Trinajstić information content (AvgIpc) is 2.25. The van der Waals surface area contributed by atoms with E-state index >= 15 is 0 Å². The van der Waals surface area contributed by atoms with Gasteiger partial charge in [0.05, 0.1) is 11.3 Å². The summed E-state index contributed by atoms with van der Waals surface area (Å²) in [6.07, 6.45) is 2.59. The van der Waals surface area contributed by atoms with E-state index in [2.05, 4.69) is 31.1 Å². The molecule has 3 heteroatoms. The smallest absolute Gasteiger partial charge is 0.0746 e. The van der Waals surface area contributed by atoms with Crippen LogP contribution in [-0.2, 0) is 0 Å². The SMILES string of the molecule is CC(C)CC(C)(O)CNC(C)c1ccccn1. The van der Waals surface area contributed by atoms with Gasteiger partial charge < -0.3 is 10.4 Å². The van der Waals surface area contributed by atoms with Gasteiger partial charge >= 0.3 is 0 Å². The Morgan fingerprint density at radius 3 is 2.59 bits per heavy atom. The van der Waals surface area contributed by atoms with Crippen molar-refractivity contribution in [2.45, 2.75) is 45.8 Å². The maximum absolute atomic E-state index is 10.2. The van der Waals surface area contributed by atoms with E-state index in [-0.39, 0.29) is 6.04 Å². The van der Waals surface area contributed by atoms with E-state index in [0.717, 1.165) is 12.1 Å². The highest BCUT2D eigenvalue weighted by Crippen LogP contribution is 2.17. The van der Waals surface area contributed by atoms with Crippen LogP contribution in [0.2, 0.25) is 0 Å². The fraction of sp³-hybridized carbons (Fsp3) is 0.643. The third-order valence-electron chi connectivity index (χ3n) is 2.77. The van der Waals surface area contributed by atoms with Gasteiger partial charge in [0, 0.05) is 18.8 Å². The third-order valence-corrected chi connectivity index (χ3v) is 2.77. The van der Waals surface area contributed by atoms with Crippen LogP contribution in [0.15, 0.2) is 24.4 Å². The maximum Gasteiger partial charge on any atom is 0.0746 e. The van der Waals surface area contributed by atoms with Crippen molar-refractivity contribution in [2.75, 3.05) is 6.54 Å². The lowest BCUT2D eigenvalue weighted by Crippen LogP contribution is -2.40. The van der Waals surface area contributed by atoms with Gasteiger partial charge in [-0.05, 0) is 38.3 Å². The Bertz CT molecular complexity index is 322. The molecule has 0 bridgehead atoms. The van der Waals surface area contributed by atoms with E-state index in [1.165, 1.54) is 0 Å². The summed E-state index contributed by atoms with van der Waals surface area (Å²) >= 11 is 0. The van der Waals surface area contributed by atoms with Gasteiger partial charge in [-0.15, -0.1) is 0 Å². The van der Waals surface area contributed by atoms with Crippen LogP contribution < -0.4 is 5.32 Å². The molecular weight excluding hydrogens is 212 g/mol. The van der Waals surface area contributed by atoms with Crippen LogP contribution in [0.1, 0.15) is 45.9 Å². The number of aliphatic hydroxyl groups is 1. The topological polar surface area (TPSA) is 45.1 Å². The van der Waals surface area contributed by atoms with Gasteiger partial charge in [-0.2, -0.15) is 0 Å². The van der Waals surface area contributed by atoms with Crippen molar-refractivity contribution in [3.8, 4) is 0 Å². The largest absolute Gasteiger partial charge is 0.389 e. The number of hydrogen-bond acceptors (Lipinski definition) is 3. The molecule has 1 aromatic rings. The Morgan fingerprint density at radius 1 is 1.35 bits per heavy atom. The first kappa shape index (κ1) is 14.1. The molecule has 0 amide bonds. The molecule has 0 radical (unpaired) electrons. The van der Waals surface area contributed by atoms with Gasteiger partial charge in [0.25, 0.3) is 0 Å². The Labute approximate surface area is 104 Å². The van der Waals surface area contributed by atoms with Gasteiger partial charge in [-0.1, -0.05) is 19.9 Å². The molecule has 2 atom stereocenters. The second kappa shape index (κ2) is 6.12. The molecule has 3 nitrogen and oxygen atoms in total. The molecule has 0 aliphatic rings. The van der Waals surface area contributed by atoms with Crippen LogP contribution >= 0.6 is 0 Å². The van der Waals surface area contributed by atoms with Crippen LogP contribution in [0.3, 0.4) is 0 Å². The molecule has 1 heterocycles. The van der Waals surface area contributed by atoms with Crippen molar-refractivity contribution in [3.05, 3.63) is 30.1 Å². The predicted molar refractivity (Wildman–Crippen MR) is 70.7 cm³/mol. The molecule has 0 aliphatic carbocycles. The average molecular weight is 236 g/mol. The van der Waals surface area contributed by atoms with Crippen molar-refractivity contribution < 1.29 is 5.11 Å². The molecule has 2 unspecified atom stereocenters. The third kappa shape index (κ3) is 5.29. The zero-order valence-corrected chi connectivity index (χ0v) is 11.3. The second-order valence-electron chi connectivity index (χ2n) is 5.45. The summed E-state index contributed by atoms with van der Waals surface area (Å²) in [6.45, 7) is 8.77. The molecule has 0 spiro atoms. The van der Waals surface area contributed by atoms with E-state index in [9.17, 15) is 5.11 Å². The number of hydrogen-bond donors (Lipinski definition) is 2. The first-order valence-corrected chi connectivity index (χ1v) is 6.27. The zero-order valence-electron chi connectivity index (χ0n) is 11.3. The van der Waals surface area contributed by atoms with Gasteiger partial charge in [0.1, 0.15) is 0 Å². The minimum absolute atomic E-state index is 0.162. The highest BCUT2D eigenvalue weighted by atomic mass is 16.3. The molecule has 0 aliphatic heterocycles. The lowest BCUT2D eigenvalue weighted by molar-refractivity contribution is 0.0362. The number of pyridine rings is 1. The molecule has 0 aromatic carbocycles. The molecule has 96 valence electrons. The number of aromatic nitrogens is 1. The minimum atomic E-state index is -0.656. The quantitative estimate of drug-likeness (QED) is 0.798. The number of rotatable bonds is 6. The lowest BCUT2D eigenvalue weighted by atomic mass is 9.94. The zero-order chi connectivity index (χ0) is 12.9. The van der Waals surface area contributed by atoms with Crippen LogP contribution in [-0.4, -0.2) is 22.2 Å². The predicted octanol–water partition coefficient (Wildman–Crippen LogP) is 2.53. The van der Waals surface area contributed by atoms with Crippen molar-refractivity contribution in [1.82, 2.24) is 10.3 Å². The van der Waals surface area contributed by atoms with Gasteiger partial charge in [-0.3, -0.25) is 4.98 Å². The molecule has 17 heavy (non-hydrogen) atoms. The molecule has 0 fully saturated rings.